The zero-order valence-corrected chi connectivity index (χ0v) is 16.6. The second kappa shape index (κ2) is 9.44. The molecule has 0 amide bonds. The standard InChI is InChI=1S/C17H17F2N3O4.HI/c1-23-12-4-2-11(3-5-12)22-17(20)21-8-10-6-14-15(25-9-24-14)7-13(10)26-16(18)19;/h2-7,16H,8-9H2,1H3,(H3,20,21,22);1H. The Kier molecular flexibility index (Phi) is 7.28. The van der Waals surface area contributed by atoms with Crippen molar-refractivity contribution in [2.75, 3.05) is 19.2 Å². The van der Waals surface area contributed by atoms with Crippen LogP contribution in [0.1, 0.15) is 5.56 Å². The number of nitrogens with two attached hydrogens (primary N) is 1. The maximum atomic E-state index is 12.6. The van der Waals surface area contributed by atoms with Gasteiger partial charge >= 0.3 is 6.61 Å². The molecule has 0 aromatic heterocycles. The highest BCUT2D eigenvalue weighted by Crippen LogP contribution is 2.39. The number of hydrogen-bond acceptors (Lipinski definition) is 5. The van der Waals surface area contributed by atoms with E-state index < -0.39 is 6.61 Å². The molecule has 0 saturated carbocycles. The molecule has 0 radical (unpaired) electrons. The molecular formula is C17H18F2IN3O4. The first-order valence-electron chi connectivity index (χ1n) is 7.63. The summed E-state index contributed by atoms with van der Waals surface area (Å²) in [6.07, 6.45) is 0. The summed E-state index contributed by atoms with van der Waals surface area (Å²) in [5.74, 6) is 1.58. The third-order valence-corrected chi connectivity index (χ3v) is 3.55. The van der Waals surface area contributed by atoms with Crippen molar-refractivity contribution in [1.82, 2.24) is 0 Å². The molecule has 2 aromatic rings. The van der Waals surface area contributed by atoms with E-state index in [4.69, 9.17) is 19.9 Å². The van der Waals surface area contributed by atoms with Gasteiger partial charge in [-0.1, -0.05) is 0 Å². The number of ether oxygens (including phenoxy) is 4. The Morgan fingerprint density at radius 3 is 2.52 bits per heavy atom. The van der Waals surface area contributed by atoms with Crippen LogP contribution in [0.3, 0.4) is 0 Å². The molecule has 0 aliphatic carbocycles. The van der Waals surface area contributed by atoms with Gasteiger partial charge in [0.25, 0.3) is 0 Å². The highest BCUT2D eigenvalue weighted by molar-refractivity contribution is 14.0. The molecule has 1 aliphatic heterocycles. The zero-order chi connectivity index (χ0) is 18.5. The number of fused-ring (bicyclic) bond motifs is 1. The first kappa shape index (κ1) is 20.8. The van der Waals surface area contributed by atoms with Crippen LogP contribution in [-0.4, -0.2) is 26.5 Å². The van der Waals surface area contributed by atoms with Gasteiger partial charge in [-0.15, -0.1) is 24.0 Å². The molecule has 7 nitrogen and oxygen atoms in total. The van der Waals surface area contributed by atoms with E-state index in [0.29, 0.717) is 28.5 Å². The number of halogens is 3. The molecule has 146 valence electrons. The van der Waals surface area contributed by atoms with Crippen LogP contribution < -0.4 is 30.0 Å². The number of rotatable bonds is 6. The summed E-state index contributed by atoms with van der Waals surface area (Å²) in [5, 5.41) is 2.90. The Morgan fingerprint density at radius 2 is 1.89 bits per heavy atom. The molecule has 2 aromatic carbocycles. The van der Waals surface area contributed by atoms with Crippen molar-refractivity contribution in [3.05, 3.63) is 42.0 Å². The number of guanidine groups is 1. The molecule has 1 heterocycles. The number of benzene rings is 2. The summed E-state index contributed by atoms with van der Waals surface area (Å²) >= 11 is 0. The molecule has 0 spiro atoms. The van der Waals surface area contributed by atoms with Gasteiger partial charge in [-0.3, -0.25) is 0 Å². The summed E-state index contributed by atoms with van der Waals surface area (Å²) in [6, 6.07) is 9.97. The number of nitrogens with one attached hydrogen (secondary N) is 1. The minimum Gasteiger partial charge on any atom is -0.497 e. The summed E-state index contributed by atoms with van der Waals surface area (Å²) < 4.78 is 45.3. The van der Waals surface area contributed by atoms with Crippen molar-refractivity contribution < 1.29 is 27.7 Å². The molecule has 3 rings (SSSR count). The van der Waals surface area contributed by atoms with Crippen LogP contribution >= 0.6 is 24.0 Å². The number of hydrogen-bond donors (Lipinski definition) is 2. The summed E-state index contributed by atoms with van der Waals surface area (Å²) in [6.45, 7) is -2.92. The predicted octanol–water partition coefficient (Wildman–Crippen LogP) is 3.57. The molecule has 10 heteroatoms. The van der Waals surface area contributed by atoms with Crippen LogP contribution in [-0.2, 0) is 6.54 Å². The Hall–Kier alpha value is -2.50. The van der Waals surface area contributed by atoms with Crippen LogP contribution in [0, 0.1) is 0 Å². The number of anilines is 1. The molecule has 0 unspecified atom stereocenters. The van der Waals surface area contributed by atoms with Gasteiger partial charge in [0.05, 0.1) is 13.7 Å². The summed E-state index contributed by atoms with van der Waals surface area (Å²) in [7, 11) is 1.57. The summed E-state index contributed by atoms with van der Waals surface area (Å²) in [4.78, 5) is 4.16. The van der Waals surface area contributed by atoms with E-state index in [0.717, 1.165) is 0 Å². The average Bonchev–Trinajstić information content (AvgIpc) is 3.07. The fourth-order valence-corrected chi connectivity index (χ4v) is 2.33. The number of alkyl halides is 2. The van der Waals surface area contributed by atoms with Crippen LogP contribution in [0.4, 0.5) is 14.5 Å². The summed E-state index contributed by atoms with van der Waals surface area (Å²) in [5.41, 5.74) is 6.96. The minimum absolute atomic E-state index is 0. The van der Waals surface area contributed by atoms with Crippen molar-refractivity contribution >= 4 is 35.6 Å². The first-order valence-corrected chi connectivity index (χ1v) is 7.63. The van der Waals surface area contributed by atoms with Gasteiger partial charge in [0, 0.05) is 17.3 Å². The van der Waals surface area contributed by atoms with Crippen LogP contribution in [0.25, 0.3) is 0 Å². The van der Waals surface area contributed by atoms with Gasteiger partial charge in [-0.25, -0.2) is 4.99 Å². The second-order valence-electron chi connectivity index (χ2n) is 5.25. The highest BCUT2D eigenvalue weighted by Gasteiger charge is 2.19. The van der Waals surface area contributed by atoms with E-state index in [-0.39, 0.29) is 49.0 Å². The zero-order valence-electron chi connectivity index (χ0n) is 14.3. The van der Waals surface area contributed by atoms with E-state index in [1.807, 2.05) is 0 Å². The van der Waals surface area contributed by atoms with Gasteiger partial charge in [0.15, 0.2) is 17.5 Å². The maximum absolute atomic E-state index is 12.6. The molecule has 27 heavy (non-hydrogen) atoms. The van der Waals surface area contributed by atoms with Crippen molar-refractivity contribution in [2.24, 2.45) is 10.7 Å². The third-order valence-electron chi connectivity index (χ3n) is 3.55. The highest BCUT2D eigenvalue weighted by atomic mass is 127. The van der Waals surface area contributed by atoms with E-state index >= 15 is 0 Å². The van der Waals surface area contributed by atoms with E-state index in [9.17, 15) is 8.78 Å². The smallest absolute Gasteiger partial charge is 0.387 e. The largest absolute Gasteiger partial charge is 0.497 e. The van der Waals surface area contributed by atoms with Crippen molar-refractivity contribution in [2.45, 2.75) is 13.2 Å². The number of aliphatic imine (C=N–C) groups is 1. The van der Waals surface area contributed by atoms with Crippen molar-refractivity contribution in [3.8, 4) is 23.0 Å². The quantitative estimate of drug-likeness (QED) is 0.364. The molecule has 1 aliphatic rings. The second-order valence-corrected chi connectivity index (χ2v) is 5.25. The van der Waals surface area contributed by atoms with Crippen molar-refractivity contribution in [3.63, 3.8) is 0 Å². The molecular weight excluding hydrogens is 475 g/mol. The maximum Gasteiger partial charge on any atom is 0.387 e. The van der Waals surface area contributed by atoms with Gasteiger partial charge in [-0.2, -0.15) is 8.78 Å². The van der Waals surface area contributed by atoms with Crippen molar-refractivity contribution in [1.29, 1.82) is 0 Å². The fraction of sp³-hybridized carbons (Fsp3) is 0.235. The number of methoxy groups -OCH3 is 1. The lowest BCUT2D eigenvalue weighted by molar-refractivity contribution is -0.0505. The minimum atomic E-state index is -2.96. The van der Waals surface area contributed by atoms with E-state index in [1.165, 1.54) is 6.07 Å². The van der Waals surface area contributed by atoms with Crippen LogP contribution in [0.2, 0.25) is 0 Å². The molecule has 3 N–H and O–H groups in total. The Labute approximate surface area is 171 Å². The monoisotopic (exact) mass is 493 g/mol. The lowest BCUT2D eigenvalue weighted by atomic mass is 10.1. The molecule has 0 saturated heterocycles. The van der Waals surface area contributed by atoms with E-state index in [2.05, 4.69) is 15.0 Å². The van der Waals surface area contributed by atoms with Crippen LogP contribution in [0.15, 0.2) is 41.4 Å². The lowest BCUT2D eigenvalue weighted by Crippen LogP contribution is -2.22. The topological polar surface area (TPSA) is 87.3 Å². The Balaban J connectivity index is 0.00000261. The predicted molar refractivity (Wildman–Crippen MR) is 107 cm³/mol. The van der Waals surface area contributed by atoms with Gasteiger partial charge in [-0.05, 0) is 30.3 Å². The Morgan fingerprint density at radius 1 is 1.22 bits per heavy atom. The van der Waals surface area contributed by atoms with Gasteiger partial charge < -0.3 is 30.0 Å². The van der Waals surface area contributed by atoms with Gasteiger partial charge in [0.2, 0.25) is 6.79 Å². The van der Waals surface area contributed by atoms with Crippen LogP contribution in [0.5, 0.6) is 23.0 Å². The number of nitrogens with zero attached hydrogens (tertiary/aromatic N) is 1. The lowest BCUT2D eigenvalue weighted by Gasteiger charge is -2.11. The SMILES string of the molecule is COc1ccc(NC(N)=NCc2cc3c(cc2OC(F)F)OCO3)cc1.I. The molecule has 0 atom stereocenters. The van der Waals surface area contributed by atoms with Gasteiger partial charge in [0.1, 0.15) is 11.5 Å². The third kappa shape index (κ3) is 5.49. The van der Waals surface area contributed by atoms with E-state index in [1.54, 1.807) is 37.4 Å². The average molecular weight is 493 g/mol. The first-order chi connectivity index (χ1) is 12.5. The molecule has 0 bridgehead atoms. The Bertz CT molecular complexity index is 804. The molecule has 0 fully saturated rings. The normalized spacial score (nSPS) is 12.5. The fourth-order valence-electron chi connectivity index (χ4n) is 2.33.